The molecule has 0 spiro atoms. The molecular formula is C21H13BrF3N5. The van der Waals surface area contributed by atoms with Crippen molar-refractivity contribution in [2.24, 2.45) is 0 Å². The Kier molecular flexibility index (Phi) is 4.35. The average Bonchev–Trinajstić information content (AvgIpc) is 3.36. The number of hydrogen-bond donors (Lipinski definition) is 0. The van der Waals surface area contributed by atoms with Crippen LogP contribution < -0.4 is 0 Å². The third kappa shape index (κ3) is 3.24. The van der Waals surface area contributed by atoms with Crippen LogP contribution in [0.2, 0.25) is 0 Å². The molecule has 0 saturated carbocycles. The van der Waals surface area contributed by atoms with E-state index in [0.29, 0.717) is 17.2 Å². The second-order valence-corrected chi connectivity index (χ2v) is 7.74. The first-order valence-corrected chi connectivity index (χ1v) is 9.80. The van der Waals surface area contributed by atoms with E-state index >= 15 is 0 Å². The van der Waals surface area contributed by atoms with Gasteiger partial charge in [-0.1, -0.05) is 34.1 Å². The highest BCUT2D eigenvalue weighted by Gasteiger charge is 2.42. The molecular weight excluding hydrogens is 459 g/mol. The molecule has 30 heavy (non-hydrogen) atoms. The predicted molar refractivity (Wildman–Crippen MR) is 110 cm³/mol. The van der Waals surface area contributed by atoms with Crippen LogP contribution in [0.1, 0.15) is 11.6 Å². The van der Waals surface area contributed by atoms with Crippen molar-refractivity contribution in [2.45, 2.75) is 12.2 Å². The summed E-state index contributed by atoms with van der Waals surface area (Å²) in [5.41, 5.74) is 1.79. The van der Waals surface area contributed by atoms with Gasteiger partial charge in [-0.15, -0.1) is 10.2 Å². The van der Waals surface area contributed by atoms with Gasteiger partial charge in [0.05, 0.1) is 5.52 Å². The van der Waals surface area contributed by atoms with E-state index in [1.54, 1.807) is 22.6 Å². The van der Waals surface area contributed by atoms with Crippen molar-refractivity contribution < 1.29 is 13.2 Å². The van der Waals surface area contributed by atoms with Crippen LogP contribution in [-0.4, -0.2) is 30.3 Å². The monoisotopic (exact) mass is 471 g/mol. The molecule has 0 aliphatic carbocycles. The van der Waals surface area contributed by atoms with Gasteiger partial charge in [0, 0.05) is 34.0 Å². The number of nitrogens with zero attached hydrogens (tertiary/aromatic N) is 5. The number of fused-ring (bicyclic) bond motifs is 2. The van der Waals surface area contributed by atoms with Crippen molar-refractivity contribution in [2.75, 3.05) is 0 Å². The van der Waals surface area contributed by atoms with Crippen molar-refractivity contribution in [3.8, 4) is 11.5 Å². The van der Waals surface area contributed by atoms with Gasteiger partial charge in [-0.25, -0.2) is 4.98 Å². The van der Waals surface area contributed by atoms with E-state index in [9.17, 15) is 13.2 Å². The smallest absolute Gasteiger partial charge is 0.338 e. The lowest BCUT2D eigenvalue weighted by atomic mass is 10.1. The SMILES string of the molecule is FC(F)(F)[C@@H](c1ccc2nnc(-c3ccc4ccc(Br)cc4n3)n2c1)n1cccc1. The van der Waals surface area contributed by atoms with E-state index < -0.39 is 12.2 Å². The third-order valence-electron chi connectivity index (χ3n) is 4.86. The van der Waals surface area contributed by atoms with Crippen LogP contribution >= 0.6 is 15.9 Å². The highest BCUT2D eigenvalue weighted by atomic mass is 79.9. The molecule has 0 unspecified atom stereocenters. The highest BCUT2D eigenvalue weighted by molar-refractivity contribution is 9.10. The number of pyridine rings is 2. The summed E-state index contributed by atoms with van der Waals surface area (Å²) in [6.45, 7) is 0. The first kappa shape index (κ1) is 18.8. The van der Waals surface area contributed by atoms with E-state index in [4.69, 9.17) is 0 Å². The quantitative estimate of drug-likeness (QED) is 0.341. The van der Waals surface area contributed by atoms with Gasteiger partial charge >= 0.3 is 6.18 Å². The summed E-state index contributed by atoms with van der Waals surface area (Å²) in [4.78, 5) is 4.62. The lowest BCUT2D eigenvalue weighted by Crippen LogP contribution is -2.27. The first-order chi connectivity index (χ1) is 14.4. The Morgan fingerprint density at radius 2 is 1.70 bits per heavy atom. The number of aromatic nitrogens is 5. The Hall–Kier alpha value is -3.20. The van der Waals surface area contributed by atoms with Crippen molar-refractivity contribution in [3.63, 3.8) is 0 Å². The molecule has 0 N–H and O–H groups in total. The molecule has 5 aromatic rings. The van der Waals surface area contributed by atoms with Gasteiger partial charge in [-0.3, -0.25) is 4.40 Å². The maximum atomic E-state index is 13.9. The molecule has 0 fully saturated rings. The molecule has 150 valence electrons. The zero-order valence-electron chi connectivity index (χ0n) is 15.3. The van der Waals surface area contributed by atoms with E-state index in [1.165, 1.54) is 30.7 Å². The lowest BCUT2D eigenvalue weighted by molar-refractivity contribution is -0.156. The minimum Gasteiger partial charge on any atom is -0.338 e. The fourth-order valence-corrected chi connectivity index (χ4v) is 3.86. The molecule has 0 amide bonds. The summed E-state index contributed by atoms with van der Waals surface area (Å²) in [5.74, 6) is 0.377. The second-order valence-electron chi connectivity index (χ2n) is 6.82. The number of alkyl halides is 3. The molecule has 0 saturated heterocycles. The van der Waals surface area contributed by atoms with E-state index in [1.807, 2.05) is 24.3 Å². The largest absolute Gasteiger partial charge is 0.413 e. The number of rotatable bonds is 3. The van der Waals surface area contributed by atoms with Gasteiger partial charge in [0.15, 0.2) is 17.5 Å². The van der Waals surface area contributed by atoms with E-state index in [-0.39, 0.29) is 5.56 Å². The van der Waals surface area contributed by atoms with Gasteiger partial charge in [0.1, 0.15) is 5.69 Å². The van der Waals surface area contributed by atoms with Gasteiger partial charge in [-0.05, 0) is 36.4 Å². The summed E-state index contributed by atoms with van der Waals surface area (Å²) in [5, 5.41) is 9.21. The summed E-state index contributed by atoms with van der Waals surface area (Å²) >= 11 is 3.43. The molecule has 0 radical (unpaired) electrons. The van der Waals surface area contributed by atoms with Crippen LogP contribution in [-0.2, 0) is 0 Å². The molecule has 5 nitrogen and oxygen atoms in total. The maximum absolute atomic E-state index is 13.9. The van der Waals surface area contributed by atoms with Gasteiger partial charge < -0.3 is 4.57 Å². The molecule has 0 aliphatic rings. The van der Waals surface area contributed by atoms with Crippen LogP contribution in [0.25, 0.3) is 28.1 Å². The fourth-order valence-electron chi connectivity index (χ4n) is 3.51. The Labute approximate surface area is 176 Å². The van der Waals surface area contributed by atoms with E-state index in [2.05, 4.69) is 31.1 Å². The zero-order chi connectivity index (χ0) is 20.9. The van der Waals surface area contributed by atoms with Crippen molar-refractivity contribution in [3.05, 3.63) is 83.2 Å². The van der Waals surface area contributed by atoms with Crippen LogP contribution in [0, 0.1) is 0 Å². The van der Waals surface area contributed by atoms with Crippen LogP contribution in [0.3, 0.4) is 0 Å². The number of hydrogen-bond acceptors (Lipinski definition) is 3. The van der Waals surface area contributed by atoms with Crippen LogP contribution in [0.15, 0.2) is 77.7 Å². The standard InChI is InChI=1S/C21H13BrF3N5/c22-15-6-3-13-4-7-16(26-17(13)11-15)20-28-27-18-8-5-14(12-30(18)20)19(21(23,24)25)29-9-1-2-10-29/h1-12,19H/t19-/m1/s1. The summed E-state index contributed by atoms with van der Waals surface area (Å²) in [6.07, 6.45) is -0.236. The summed E-state index contributed by atoms with van der Waals surface area (Å²) in [6, 6.07) is 13.7. The van der Waals surface area contributed by atoms with Crippen LogP contribution in [0.4, 0.5) is 13.2 Å². The molecule has 1 aromatic carbocycles. The Bertz CT molecular complexity index is 1360. The summed E-state index contributed by atoms with van der Waals surface area (Å²) in [7, 11) is 0. The molecule has 1 atom stereocenters. The van der Waals surface area contributed by atoms with Gasteiger partial charge in [0.2, 0.25) is 0 Å². The maximum Gasteiger partial charge on any atom is 0.413 e. The first-order valence-electron chi connectivity index (χ1n) is 9.01. The number of halogens is 4. The van der Waals surface area contributed by atoms with E-state index in [0.717, 1.165) is 19.9 Å². The molecule has 9 heteroatoms. The van der Waals surface area contributed by atoms with Crippen molar-refractivity contribution in [1.29, 1.82) is 0 Å². The predicted octanol–water partition coefficient (Wildman–Crippen LogP) is 5.66. The molecule has 0 aliphatic heterocycles. The van der Waals surface area contributed by atoms with Crippen molar-refractivity contribution >= 4 is 32.5 Å². The minimum atomic E-state index is -4.46. The lowest BCUT2D eigenvalue weighted by Gasteiger charge is -2.22. The normalized spacial score (nSPS) is 13.2. The third-order valence-corrected chi connectivity index (χ3v) is 5.35. The molecule has 4 aromatic heterocycles. The Morgan fingerprint density at radius 1 is 0.933 bits per heavy atom. The van der Waals surface area contributed by atoms with Crippen LogP contribution in [0.5, 0.6) is 0 Å². The molecule has 4 heterocycles. The topological polar surface area (TPSA) is 48.0 Å². The fraction of sp³-hybridized carbons (Fsp3) is 0.0952. The number of benzene rings is 1. The summed E-state index contributed by atoms with van der Waals surface area (Å²) < 4.78 is 45.1. The molecule has 0 bridgehead atoms. The van der Waals surface area contributed by atoms with Gasteiger partial charge in [0.25, 0.3) is 0 Å². The molecule has 5 rings (SSSR count). The average molecular weight is 472 g/mol. The highest BCUT2D eigenvalue weighted by Crippen LogP contribution is 2.36. The van der Waals surface area contributed by atoms with Crippen molar-refractivity contribution in [1.82, 2.24) is 24.1 Å². The second kappa shape index (κ2) is 6.94. The zero-order valence-corrected chi connectivity index (χ0v) is 16.8. The minimum absolute atomic E-state index is 0.0794. The Balaban J connectivity index is 1.66. The van der Waals surface area contributed by atoms with Gasteiger partial charge in [-0.2, -0.15) is 13.2 Å². The Morgan fingerprint density at radius 3 is 2.47 bits per heavy atom.